The third-order valence-corrected chi connectivity index (χ3v) is 5.14. The first kappa shape index (κ1) is 12.9. The maximum Gasteiger partial charge on any atom is 0.0763 e. The molecule has 2 heteroatoms. The van der Waals surface area contributed by atoms with E-state index in [1.807, 2.05) is 6.07 Å². The normalized spacial score (nSPS) is 27.3. The van der Waals surface area contributed by atoms with Gasteiger partial charge in [-0.05, 0) is 29.9 Å². The van der Waals surface area contributed by atoms with Crippen LogP contribution < -0.4 is 0 Å². The van der Waals surface area contributed by atoms with Crippen LogP contribution in [0.4, 0.5) is 0 Å². The summed E-state index contributed by atoms with van der Waals surface area (Å²) in [7, 11) is 0. The van der Waals surface area contributed by atoms with Crippen molar-refractivity contribution < 1.29 is 5.11 Å². The predicted octanol–water partition coefficient (Wildman–Crippen LogP) is 4.38. The van der Waals surface area contributed by atoms with Crippen LogP contribution >= 0.6 is 11.3 Å². The molecule has 1 aromatic heterocycles. The van der Waals surface area contributed by atoms with Gasteiger partial charge in [0.15, 0.2) is 0 Å². The quantitative estimate of drug-likeness (QED) is 0.879. The molecule has 1 heterocycles. The number of benzene rings is 1. The lowest BCUT2D eigenvalue weighted by molar-refractivity contribution is -0.0160. The predicted molar refractivity (Wildman–Crippen MR) is 80.6 cm³/mol. The molecule has 1 fully saturated rings. The van der Waals surface area contributed by atoms with Gasteiger partial charge in [-0.25, -0.2) is 0 Å². The average molecular weight is 272 g/mol. The molecule has 1 aliphatic carbocycles. The first-order chi connectivity index (χ1) is 9.28. The van der Waals surface area contributed by atoms with Crippen molar-refractivity contribution in [2.75, 3.05) is 0 Å². The van der Waals surface area contributed by atoms with Crippen molar-refractivity contribution in [1.82, 2.24) is 0 Å². The largest absolute Gasteiger partial charge is 0.389 e. The van der Waals surface area contributed by atoms with Crippen LogP contribution in [-0.4, -0.2) is 10.7 Å². The molecule has 0 amide bonds. The number of aliphatic hydroxyl groups is 1. The third kappa shape index (κ3) is 2.75. The molecule has 0 aliphatic heterocycles. The molecule has 0 saturated heterocycles. The third-order valence-electron chi connectivity index (χ3n) is 4.26. The van der Waals surface area contributed by atoms with Crippen LogP contribution in [0.25, 0.3) is 0 Å². The second-order valence-corrected chi connectivity index (χ2v) is 6.60. The molecule has 1 nitrogen and oxygen atoms in total. The minimum absolute atomic E-state index is 0.282. The summed E-state index contributed by atoms with van der Waals surface area (Å²) in [5.74, 6) is 0.282. The number of hydrogen-bond donors (Lipinski definition) is 1. The van der Waals surface area contributed by atoms with Crippen LogP contribution in [0.2, 0.25) is 0 Å². The van der Waals surface area contributed by atoms with Crippen LogP contribution in [0.5, 0.6) is 0 Å². The Kier molecular flexibility index (Phi) is 3.72. The molecule has 1 N–H and O–H groups in total. The molecule has 100 valence electrons. The van der Waals surface area contributed by atoms with Crippen molar-refractivity contribution in [2.24, 2.45) is 0 Å². The van der Waals surface area contributed by atoms with Crippen LogP contribution in [0.1, 0.15) is 42.0 Å². The monoisotopic (exact) mass is 272 g/mol. The van der Waals surface area contributed by atoms with Crippen molar-refractivity contribution in [3.8, 4) is 0 Å². The van der Waals surface area contributed by atoms with Crippen molar-refractivity contribution in [2.45, 2.75) is 43.6 Å². The van der Waals surface area contributed by atoms with Crippen LogP contribution in [0, 0.1) is 0 Å². The van der Waals surface area contributed by atoms with Gasteiger partial charge in [0.05, 0.1) is 5.60 Å². The Balaban J connectivity index is 1.88. The molecule has 2 unspecified atom stereocenters. The molecular weight excluding hydrogens is 252 g/mol. The zero-order valence-electron chi connectivity index (χ0n) is 11.1. The van der Waals surface area contributed by atoms with Crippen LogP contribution in [0.15, 0.2) is 47.8 Å². The number of rotatable bonds is 3. The lowest BCUT2D eigenvalue weighted by atomic mass is 9.70. The Hall–Kier alpha value is -1.12. The minimum Gasteiger partial charge on any atom is -0.389 e. The van der Waals surface area contributed by atoms with E-state index in [1.54, 1.807) is 11.3 Å². The molecule has 2 atom stereocenters. The molecule has 0 radical (unpaired) electrons. The summed E-state index contributed by atoms with van der Waals surface area (Å²) in [6.07, 6.45) is 5.19. The smallest absolute Gasteiger partial charge is 0.0763 e. The second-order valence-electron chi connectivity index (χ2n) is 5.57. The van der Waals surface area contributed by atoms with E-state index in [0.717, 1.165) is 25.7 Å². The zero-order chi connectivity index (χ0) is 13.1. The average Bonchev–Trinajstić information content (AvgIpc) is 2.92. The van der Waals surface area contributed by atoms with E-state index in [1.165, 1.54) is 16.9 Å². The van der Waals surface area contributed by atoms with E-state index < -0.39 is 5.60 Å². The van der Waals surface area contributed by atoms with E-state index in [-0.39, 0.29) is 5.92 Å². The molecule has 0 spiro atoms. The fraction of sp³-hybridized carbons (Fsp3) is 0.412. The van der Waals surface area contributed by atoms with Gasteiger partial charge < -0.3 is 5.11 Å². The maximum atomic E-state index is 11.2. The summed E-state index contributed by atoms with van der Waals surface area (Å²) < 4.78 is 0. The highest BCUT2D eigenvalue weighted by Gasteiger charge is 2.39. The Labute approximate surface area is 118 Å². The van der Waals surface area contributed by atoms with Crippen molar-refractivity contribution >= 4 is 11.3 Å². The van der Waals surface area contributed by atoms with Crippen LogP contribution in [-0.2, 0) is 6.42 Å². The molecule has 19 heavy (non-hydrogen) atoms. The fourth-order valence-corrected chi connectivity index (χ4v) is 4.13. The highest BCUT2D eigenvalue weighted by Crippen LogP contribution is 2.43. The van der Waals surface area contributed by atoms with Crippen molar-refractivity contribution in [3.05, 3.63) is 58.3 Å². The van der Waals surface area contributed by atoms with E-state index >= 15 is 0 Å². The van der Waals surface area contributed by atoms with E-state index in [4.69, 9.17) is 0 Å². The highest BCUT2D eigenvalue weighted by molar-refractivity contribution is 7.09. The van der Waals surface area contributed by atoms with Gasteiger partial charge in [0.1, 0.15) is 0 Å². The Morgan fingerprint density at radius 2 is 1.95 bits per heavy atom. The Morgan fingerprint density at radius 3 is 2.68 bits per heavy atom. The SMILES string of the molecule is OC1(Cc2cccs2)CCCCC1c1ccccc1. The topological polar surface area (TPSA) is 20.2 Å². The van der Waals surface area contributed by atoms with Gasteiger partial charge >= 0.3 is 0 Å². The minimum atomic E-state index is -0.565. The second kappa shape index (κ2) is 5.48. The molecule has 0 bridgehead atoms. The Bertz CT molecular complexity index is 505. The van der Waals surface area contributed by atoms with Crippen molar-refractivity contribution in [1.29, 1.82) is 0 Å². The van der Waals surface area contributed by atoms with Gasteiger partial charge in [0.25, 0.3) is 0 Å². The summed E-state index contributed by atoms with van der Waals surface area (Å²) in [6.45, 7) is 0. The first-order valence-corrected chi connectivity index (χ1v) is 7.96. The van der Waals surface area contributed by atoms with Gasteiger partial charge in [0, 0.05) is 17.2 Å². The molecule has 1 saturated carbocycles. The van der Waals surface area contributed by atoms with Gasteiger partial charge in [0.2, 0.25) is 0 Å². The zero-order valence-corrected chi connectivity index (χ0v) is 11.9. The van der Waals surface area contributed by atoms with Crippen molar-refractivity contribution in [3.63, 3.8) is 0 Å². The first-order valence-electron chi connectivity index (χ1n) is 7.08. The standard InChI is InChI=1S/C17H20OS/c18-17(13-15-9-6-12-19-15)11-5-4-10-16(17)14-7-2-1-3-8-14/h1-3,6-9,12,16,18H,4-5,10-11,13H2. The molecule has 1 aromatic carbocycles. The molecule has 3 rings (SSSR count). The van der Waals surface area contributed by atoms with E-state index in [0.29, 0.717) is 0 Å². The van der Waals surface area contributed by atoms with Gasteiger partial charge in [-0.15, -0.1) is 11.3 Å². The van der Waals surface area contributed by atoms with Crippen LogP contribution in [0.3, 0.4) is 0 Å². The molecular formula is C17H20OS. The number of hydrogen-bond acceptors (Lipinski definition) is 2. The van der Waals surface area contributed by atoms with E-state index in [2.05, 4.69) is 41.8 Å². The summed E-state index contributed by atoms with van der Waals surface area (Å²) >= 11 is 1.75. The lowest BCUT2D eigenvalue weighted by Crippen LogP contribution is -2.41. The maximum absolute atomic E-state index is 11.2. The summed E-state index contributed by atoms with van der Waals surface area (Å²) in [5.41, 5.74) is 0.728. The summed E-state index contributed by atoms with van der Waals surface area (Å²) in [5, 5.41) is 13.3. The Morgan fingerprint density at radius 1 is 1.11 bits per heavy atom. The summed E-state index contributed by atoms with van der Waals surface area (Å²) in [6, 6.07) is 14.7. The fourth-order valence-electron chi connectivity index (χ4n) is 3.31. The van der Waals surface area contributed by atoms with Gasteiger partial charge in [-0.3, -0.25) is 0 Å². The van der Waals surface area contributed by atoms with Gasteiger partial charge in [-0.2, -0.15) is 0 Å². The molecule has 2 aromatic rings. The summed E-state index contributed by atoms with van der Waals surface area (Å²) in [4.78, 5) is 1.30. The van der Waals surface area contributed by atoms with Gasteiger partial charge in [-0.1, -0.05) is 49.2 Å². The molecule has 1 aliphatic rings. The van der Waals surface area contributed by atoms with E-state index in [9.17, 15) is 5.11 Å². The highest BCUT2D eigenvalue weighted by atomic mass is 32.1. The number of thiophene rings is 1. The lowest BCUT2D eigenvalue weighted by Gasteiger charge is -2.40.